The maximum Gasteiger partial charge on any atom is 0.253 e. The highest BCUT2D eigenvalue weighted by Gasteiger charge is 2.08. The van der Waals surface area contributed by atoms with Gasteiger partial charge in [-0.15, -0.1) is 12.4 Å². The molecule has 0 aromatic heterocycles. The molecule has 0 fully saturated rings. The molecule has 0 heterocycles. The van der Waals surface area contributed by atoms with Crippen molar-refractivity contribution in [2.24, 2.45) is 0 Å². The molecular formula is C10H14BrClN2O. The molecule has 0 saturated heterocycles. The monoisotopic (exact) mass is 292 g/mol. The lowest BCUT2D eigenvalue weighted by Crippen LogP contribution is -2.24. The fourth-order valence-corrected chi connectivity index (χ4v) is 1.45. The van der Waals surface area contributed by atoms with E-state index < -0.39 is 0 Å². The van der Waals surface area contributed by atoms with Crippen LogP contribution >= 0.6 is 28.3 Å². The zero-order valence-electron chi connectivity index (χ0n) is 8.42. The summed E-state index contributed by atoms with van der Waals surface area (Å²) in [6.07, 6.45) is 0.919. The van der Waals surface area contributed by atoms with Crippen molar-refractivity contribution >= 4 is 39.9 Å². The van der Waals surface area contributed by atoms with E-state index in [0.29, 0.717) is 17.8 Å². The van der Waals surface area contributed by atoms with Crippen molar-refractivity contribution < 1.29 is 4.79 Å². The van der Waals surface area contributed by atoms with Crippen LogP contribution in [0.5, 0.6) is 0 Å². The van der Waals surface area contributed by atoms with Crippen molar-refractivity contribution in [3.8, 4) is 0 Å². The van der Waals surface area contributed by atoms with E-state index >= 15 is 0 Å². The van der Waals surface area contributed by atoms with Gasteiger partial charge in [0.2, 0.25) is 0 Å². The van der Waals surface area contributed by atoms with Crippen LogP contribution in [0.1, 0.15) is 23.7 Å². The number of anilines is 1. The number of carbonyl (C=O) groups is 1. The molecule has 5 heteroatoms. The molecule has 0 aliphatic rings. The van der Waals surface area contributed by atoms with Crippen molar-refractivity contribution in [1.29, 1.82) is 0 Å². The molecule has 0 unspecified atom stereocenters. The van der Waals surface area contributed by atoms with E-state index in [4.69, 9.17) is 5.73 Å². The number of amides is 1. The van der Waals surface area contributed by atoms with E-state index in [1.807, 2.05) is 6.92 Å². The smallest absolute Gasteiger partial charge is 0.253 e. The molecule has 1 aromatic carbocycles. The van der Waals surface area contributed by atoms with Crippen molar-refractivity contribution in [2.75, 3.05) is 12.3 Å². The SMILES string of the molecule is CCCNC(=O)c1ccc(Br)cc1N.Cl. The second kappa shape index (κ2) is 6.69. The largest absolute Gasteiger partial charge is 0.398 e. The van der Waals surface area contributed by atoms with Crippen LogP contribution in [0.15, 0.2) is 22.7 Å². The molecule has 0 atom stereocenters. The number of rotatable bonds is 3. The predicted octanol–water partition coefficient (Wildman–Crippen LogP) is 2.59. The van der Waals surface area contributed by atoms with Crippen molar-refractivity contribution in [2.45, 2.75) is 13.3 Å². The Balaban J connectivity index is 0.00000196. The number of benzene rings is 1. The van der Waals surface area contributed by atoms with Gasteiger partial charge in [0, 0.05) is 16.7 Å². The van der Waals surface area contributed by atoms with Crippen molar-refractivity contribution in [3.05, 3.63) is 28.2 Å². The van der Waals surface area contributed by atoms with Crippen molar-refractivity contribution in [3.63, 3.8) is 0 Å². The Morgan fingerprint density at radius 1 is 1.53 bits per heavy atom. The summed E-state index contributed by atoms with van der Waals surface area (Å²) in [4.78, 5) is 11.5. The predicted molar refractivity (Wildman–Crippen MR) is 68.4 cm³/mol. The summed E-state index contributed by atoms with van der Waals surface area (Å²) in [6, 6.07) is 5.24. The van der Waals surface area contributed by atoms with Gasteiger partial charge >= 0.3 is 0 Å². The summed E-state index contributed by atoms with van der Waals surface area (Å²) in [5.74, 6) is -0.114. The van der Waals surface area contributed by atoms with Gasteiger partial charge < -0.3 is 11.1 Å². The zero-order valence-corrected chi connectivity index (χ0v) is 10.8. The fraction of sp³-hybridized carbons (Fsp3) is 0.300. The molecule has 3 N–H and O–H groups in total. The van der Waals surface area contributed by atoms with Crippen LogP contribution in [-0.2, 0) is 0 Å². The molecule has 0 bridgehead atoms. The Morgan fingerprint density at radius 3 is 2.73 bits per heavy atom. The molecule has 1 amide bonds. The summed E-state index contributed by atoms with van der Waals surface area (Å²) >= 11 is 3.29. The first kappa shape index (κ1) is 14.3. The molecule has 0 radical (unpaired) electrons. The van der Waals surface area contributed by atoms with Gasteiger partial charge in [0.15, 0.2) is 0 Å². The molecular weight excluding hydrogens is 279 g/mol. The molecule has 0 aliphatic carbocycles. The maximum absolute atomic E-state index is 11.5. The third kappa shape index (κ3) is 4.10. The summed E-state index contributed by atoms with van der Waals surface area (Å²) < 4.78 is 0.877. The van der Waals surface area contributed by atoms with Gasteiger partial charge in [0.25, 0.3) is 5.91 Å². The lowest BCUT2D eigenvalue weighted by atomic mass is 10.1. The van der Waals surface area contributed by atoms with Gasteiger partial charge in [0.05, 0.1) is 5.56 Å². The minimum Gasteiger partial charge on any atom is -0.398 e. The first-order valence-corrected chi connectivity index (χ1v) is 5.27. The summed E-state index contributed by atoms with van der Waals surface area (Å²) in [5, 5.41) is 2.77. The third-order valence-electron chi connectivity index (χ3n) is 1.79. The molecule has 3 nitrogen and oxygen atoms in total. The van der Waals surface area contributed by atoms with Gasteiger partial charge in [-0.25, -0.2) is 0 Å². The van der Waals surface area contributed by atoms with Crippen LogP contribution in [0.25, 0.3) is 0 Å². The minimum absolute atomic E-state index is 0. The van der Waals surface area contributed by atoms with E-state index in [9.17, 15) is 4.79 Å². The summed E-state index contributed by atoms with van der Waals surface area (Å²) in [7, 11) is 0. The third-order valence-corrected chi connectivity index (χ3v) is 2.29. The van der Waals surface area contributed by atoms with Crippen LogP contribution in [0.2, 0.25) is 0 Å². The average molecular weight is 294 g/mol. The normalized spacial score (nSPS) is 9.20. The zero-order chi connectivity index (χ0) is 10.6. The lowest BCUT2D eigenvalue weighted by Gasteiger charge is -2.06. The van der Waals surface area contributed by atoms with E-state index in [-0.39, 0.29) is 18.3 Å². The van der Waals surface area contributed by atoms with Crippen LogP contribution in [0, 0.1) is 0 Å². The van der Waals surface area contributed by atoms with Gasteiger partial charge in [-0.1, -0.05) is 22.9 Å². The van der Waals surface area contributed by atoms with E-state index in [1.54, 1.807) is 18.2 Å². The van der Waals surface area contributed by atoms with Gasteiger partial charge in [0.1, 0.15) is 0 Å². The van der Waals surface area contributed by atoms with Crippen LogP contribution < -0.4 is 11.1 Å². The topological polar surface area (TPSA) is 55.1 Å². The van der Waals surface area contributed by atoms with E-state index in [1.165, 1.54) is 0 Å². The summed E-state index contributed by atoms with van der Waals surface area (Å²) in [6.45, 7) is 2.68. The van der Waals surface area contributed by atoms with Gasteiger partial charge in [-0.2, -0.15) is 0 Å². The number of nitrogens with two attached hydrogens (primary N) is 1. The second-order valence-corrected chi connectivity index (χ2v) is 3.90. The highest BCUT2D eigenvalue weighted by atomic mass is 79.9. The first-order valence-electron chi connectivity index (χ1n) is 4.48. The number of nitrogens with one attached hydrogen (secondary N) is 1. The Morgan fingerprint density at radius 2 is 2.20 bits per heavy atom. The highest BCUT2D eigenvalue weighted by Crippen LogP contribution is 2.18. The molecule has 84 valence electrons. The number of hydrogen-bond donors (Lipinski definition) is 2. The maximum atomic E-state index is 11.5. The molecule has 15 heavy (non-hydrogen) atoms. The van der Waals surface area contributed by atoms with Crippen LogP contribution in [-0.4, -0.2) is 12.5 Å². The lowest BCUT2D eigenvalue weighted by molar-refractivity contribution is 0.0954. The molecule has 1 rings (SSSR count). The number of carbonyl (C=O) groups excluding carboxylic acids is 1. The fourth-order valence-electron chi connectivity index (χ4n) is 1.07. The quantitative estimate of drug-likeness (QED) is 0.842. The molecule has 0 aliphatic heterocycles. The summed E-state index contributed by atoms with van der Waals surface area (Å²) in [5.41, 5.74) is 6.73. The second-order valence-electron chi connectivity index (χ2n) is 2.99. The molecule has 1 aromatic rings. The first-order chi connectivity index (χ1) is 6.65. The highest BCUT2D eigenvalue weighted by molar-refractivity contribution is 9.10. The Hall–Kier alpha value is -0.740. The number of hydrogen-bond acceptors (Lipinski definition) is 2. The van der Waals surface area contributed by atoms with Crippen LogP contribution in [0.4, 0.5) is 5.69 Å². The van der Waals surface area contributed by atoms with E-state index in [2.05, 4.69) is 21.2 Å². The van der Waals surface area contributed by atoms with E-state index in [0.717, 1.165) is 10.9 Å². The minimum atomic E-state index is -0.114. The standard InChI is InChI=1S/C10H13BrN2O.ClH/c1-2-5-13-10(14)8-4-3-7(11)6-9(8)12;/h3-4,6H,2,5,12H2,1H3,(H,13,14);1H. The number of halogens is 2. The van der Waals surface area contributed by atoms with Gasteiger partial charge in [-0.3, -0.25) is 4.79 Å². The Labute approximate surface area is 104 Å². The Bertz CT molecular complexity index is 344. The van der Waals surface area contributed by atoms with Gasteiger partial charge in [-0.05, 0) is 24.6 Å². The van der Waals surface area contributed by atoms with Crippen molar-refractivity contribution in [1.82, 2.24) is 5.32 Å². The Kier molecular flexibility index (Phi) is 6.36. The molecule has 0 spiro atoms. The van der Waals surface area contributed by atoms with Crippen LogP contribution in [0.3, 0.4) is 0 Å². The molecule has 0 saturated carbocycles. The average Bonchev–Trinajstić information content (AvgIpc) is 2.14. The number of nitrogen functional groups attached to an aromatic ring is 1.